The van der Waals surface area contributed by atoms with Crippen molar-refractivity contribution >= 4 is 23.2 Å². The quantitative estimate of drug-likeness (QED) is 0.494. The molecular weight excluding hydrogens is 340 g/mol. The molecule has 1 aromatic heterocycles. The third kappa shape index (κ3) is 3.87. The molecule has 0 spiro atoms. The number of benzene rings is 2. The molecule has 0 aliphatic rings. The molecule has 0 saturated heterocycles. The molecule has 1 amide bonds. The van der Waals surface area contributed by atoms with E-state index in [0.717, 1.165) is 5.56 Å². The van der Waals surface area contributed by atoms with E-state index < -0.39 is 5.91 Å². The van der Waals surface area contributed by atoms with Crippen LogP contribution < -0.4 is 5.43 Å². The second kappa shape index (κ2) is 7.19. The fourth-order valence-electron chi connectivity index (χ4n) is 2.25. The van der Waals surface area contributed by atoms with Gasteiger partial charge in [-0.1, -0.05) is 41.9 Å². The number of carbonyl (C=O) groups excluding carboxylic acids is 1. The van der Waals surface area contributed by atoms with Crippen LogP contribution in [0.4, 0.5) is 0 Å². The fourth-order valence-corrected chi connectivity index (χ4v) is 2.42. The molecule has 0 saturated carbocycles. The van der Waals surface area contributed by atoms with Crippen molar-refractivity contribution < 1.29 is 9.90 Å². The van der Waals surface area contributed by atoms with Gasteiger partial charge in [-0.25, -0.2) is 5.43 Å². The standard InChI is InChI=1S/C18H15ClN4O2/c1-11(14-9-13(19)7-8-17(14)24)20-23-18(25)16-10-15(21-22-16)12-5-3-2-4-6-12/h2-10,24H,1H3,(H,21,22)(H,23,25)/b20-11+. The van der Waals surface area contributed by atoms with Crippen molar-refractivity contribution in [3.05, 3.63) is 70.9 Å². The van der Waals surface area contributed by atoms with Gasteiger partial charge in [0.05, 0.1) is 11.4 Å². The predicted octanol–water partition coefficient (Wildman–Crippen LogP) is 3.59. The summed E-state index contributed by atoms with van der Waals surface area (Å²) in [4.78, 5) is 12.2. The number of hydrogen-bond acceptors (Lipinski definition) is 4. The third-order valence-electron chi connectivity index (χ3n) is 3.57. The Morgan fingerprint density at radius 3 is 2.72 bits per heavy atom. The van der Waals surface area contributed by atoms with E-state index in [9.17, 15) is 9.90 Å². The molecule has 0 aliphatic carbocycles. The maximum atomic E-state index is 12.2. The zero-order chi connectivity index (χ0) is 17.8. The van der Waals surface area contributed by atoms with Gasteiger partial charge in [-0.15, -0.1) is 0 Å². The van der Waals surface area contributed by atoms with Crippen molar-refractivity contribution in [1.29, 1.82) is 0 Å². The smallest absolute Gasteiger partial charge is 0.289 e. The number of nitrogens with zero attached hydrogens (tertiary/aromatic N) is 2. The third-order valence-corrected chi connectivity index (χ3v) is 3.80. The van der Waals surface area contributed by atoms with Gasteiger partial charge < -0.3 is 5.11 Å². The second-order valence-corrected chi connectivity index (χ2v) is 5.77. The highest BCUT2D eigenvalue weighted by molar-refractivity contribution is 6.31. The molecule has 6 nitrogen and oxygen atoms in total. The van der Waals surface area contributed by atoms with Crippen LogP contribution >= 0.6 is 11.6 Å². The molecule has 2 aromatic carbocycles. The lowest BCUT2D eigenvalue weighted by molar-refractivity contribution is 0.0950. The SMILES string of the molecule is C/C(=N\NC(=O)c1cc(-c2ccccc2)n[nH]1)c1cc(Cl)ccc1O. The molecule has 0 radical (unpaired) electrons. The number of H-pyrrole nitrogens is 1. The van der Waals surface area contributed by atoms with Crippen molar-refractivity contribution in [2.75, 3.05) is 0 Å². The van der Waals surface area contributed by atoms with Crippen LogP contribution in [0.5, 0.6) is 5.75 Å². The summed E-state index contributed by atoms with van der Waals surface area (Å²) >= 11 is 5.91. The molecule has 3 rings (SSSR count). The van der Waals surface area contributed by atoms with E-state index in [1.807, 2.05) is 30.3 Å². The number of nitrogens with one attached hydrogen (secondary N) is 2. The Morgan fingerprint density at radius 1 is 1.20 bits per heavy atom. The minimum absolute atomic E-state index is 0.0350. The Balaban J connectivity index is 1.74. The highest BCUT2D eigenvalue weighted by Gasteiger charge is 2.11. The van der Waals surface area contributed by atoms with Crippen LogP contribution in [-0.2, 0) is 0 Å². The summed E-state index contributed by atoms with van der Waals surface area (Å²) in [5.41, 5.74) is 5.16. The number of amides is 1. The number of hydrazone groups is 1. The van der Waals surface area contributed by atoms with Crippen LogP contribution in [0.25, 0.3) is 11.3 Å². The van der Waals surface area contributed by atoms with Crippen LogP contribution in [0.1, 0.15) is 23.0 Å². The van der Waals surface area contributed by atoms with E-state index in [4.69, 9.17) is 11.6 Å². The summed E-state index contributed by atoms with van der Waals surface area (Å²) in [6.07, 6.45) is 0. The van der Waals surface area contributed by atoms with Gasteiger partial charge in [0.15, 0.2) is 0 Å². The van der Waals surface area contributed by atoms with Crippen molar-refractivity contribution in [3.8, 4) is 17.0 Å². The van der Waals surface area contributed by atoms with Gasteiger partial charge in [0, 0.05) is 16.1 Å². The summed E-state index contributed by atoms with van der Waals surface area (Å²) in [5, 5.41) is 21.1. The van der Waals surface area contributed by atoms with Gasteiger partial charge in [0.1, 0.15) is 11.4 Å². The van der Waals surface area contributed by atoms with Gasteiger partial charge in [-0.3, -0.25) is 9.89 Å². The molecule has 0 aliphatic heterocycles. The summed E-state index contributed by atoms with van der Waals surface area (Å²) in [6, 6.07) is 15.8. The number of aromatic hydroxyl groups is 1. The molecule has 126 valence electrons. The summed E-state index contributed by atoms with van der Waals surface area (Å²) in [7, 11) is 0. The van der Waals surface area contributed by atoms with Gasteiger partial charge in [-0.05, 0) is 31.2 Å². The first-order valence-electron chi connectivity index (χ1n) is 7.49. The molecule has 1 heterocycles. The average Bonchev–Trinajstić information content (AvgIpc) is 3.12. The molecule has 25 heavy (non-hydrogen) atoms. The maximum Gasteiger partial charge on any atom is 0.289 e. The van der Waals surface area contributed by atoms with E-state index in [-0.39, 0.29) is 11.4 Å². The Bertz CT molecular complexity index is 935. The molecule has 0 bridgehead atoms. The number of hydrogen-bond donors (Lipinski definition) is 3. The molecule has 3 N–H and O–H groups in total. The lowest BCUT2D eigenvalue weighted by Crippen LogP contribution is -2.19. The zero-order valence-electron chi connectivity index (χ0n) is 13.3. The number of aromatic nitrogens is 2. The number of phenolic OH excluding ortho intramolecular Hbond substituents is 1. The summed E-state index contributed by atoms with van der Waals surface area (Å²) in [6.45, 7) is 1.66. The van der Waals surface area contributed by atoms with E-state index in [1.54, 1.807) is 25.1 Å². The lowest BCUT2D eigenvalue weighted by atomic mass is 10.1. The van der Waals surface area contributed by atoms with Crippen LogP contribution in [0.15, 0.2) is 59.7 Å². The van der Waals surface area contributed by atoms with Crippen LogP contribution in [0.3, 0.4) is 0 Å². The zero-order valence-corrected chi connectivity index (χ0v) is 14.1. The molecule has 0 atom stereocenters. The molecule has 7 heteroatoms. The number of phenols is 1. The van der Waals surface area contributed by atoms with Crippen LogP contribution in [-0.4, -0.2) is 26.9 Å². The lowest BCUT2D eigenvalue weighted by Gasteiger charge is -2.05. The van der Waals surface area contributed by atoms with Crippen molar-refractivity contribution in [1.82, 2.24) is 15.6 Å². The monoisotopic (exact) mass is 354 g/mol. The number of halogens is 1. The minimum Gasteiger partial charge on any atom is -0.507 e. The van der Waals surface area contributed by atoms with E-state index >= 15 is 0 Å². The highest BCUT2D eigenvalue weighted by atomic mass is 35.5. The minimum atomic E-state index is -0.435. The van der Waals surface area contributed by atoms with Gasteiger partial charge in [0.25, 0.3) is 5.91 Å². The number of aromatic amines is 1. The van der Waals surface area contributed by atoms with Gasteiger partial charge in [-0.2, -0.15) is 10.2 Å². The highest BCUT2D eigenvalue weighted by Crippen LogP contribution is 2.22. The summed E-state index contributed by atoms with van der Waals surface area (Å²) < 4.78 is 0. The molecule has 0 unspecified atom stereocenters. The maximum absolute atomic E-state index is 12.2. The molecule has 3 aromatic rings. The first kappa shape index (κ1) is 16.7. The Labute approximate surface area is 149 Å². The van der Waals surface area contributed by atoms with Crippen LogP contribution in [0, 0.1) is 0 Å². The van der Waals surface area contributed by atoms with E-state index in [1.165, 1.54) is 6.07 Å². The van der Waals surface area contributed by atoms with Gasteiger partial charge in [0.2, 0.25) is 0 Å². The molecule has 0 fully saturated rings. The number of carbonyl (C=O) groups is 1. The normalized spacial score (nSPS) is 11.4. The summed E-state index contributed by atoms with van der Waals surface area (Å²) in [5.74, 6) is -0.400. The van der Waals surface area contributed by atoms with Gasteiger partial charge >= 0.3 is 0 Å². The van der Waals surface area contributed by atoms with Crippen molar-refractivity contribution in [3.63, 3.8) is 0 Å². The second-order valence-electron chi connectivity index (χ2n) is 5.33. The Hall–Kier alpha value is -3.12. The topological polar surface area (TPSA) is 90.4 Å². The predicted molar refractivity (Wildman–Crippen MR) is 96.8 cm³/mol. The first-order chi connectivity index (χ1) is 12.0. The average molecular weight is 355 g/mol. The first-order valence-corrected chi connectivity index (χ1v) is 7.87. The van der Waals surface area contributed by atoms with Crippen LogP contribution in [0.2, 0.25) is 5.02 Å². The molecular formula is C18H15ClN4O2. The van der Waals surface area contributed by atoms with Crippen molar-refractivity contribution in [2.45, 2.75) is 6.92 Å². The Morgan fingerprint density at radius 2 is 1.96 bits per heavy atom. The fraction of sp³-hybridized carbons (Fsp3) is 0.0556. The van der Waals surface area contributed by atoms with E-state index in [0.29, 0.717) is 22.0 Å². The van der Waals surface area contributed by atoms with E-state index in [2.05, 4.69) is 20.7 Å². The number of rotatable bonds is 4. The van der Waals surface area contributed by atoms with Crippen molar-refractivity contribution in [2.24, 2.45) is 5.10 Å². The largest absolute Gasteiger partial charge is 0.507 e. The Kier molecular flexibility index (Phi) is 4.81.